The summed E-state index contributed by atoms with van der Waals surface area (Å²) in [7, 11) is 3.14. The van der Waals surface area contributed by atoms with Gasteiger partial charge < -0.3 is 10.1 Å². The molecule has 0 saturated heterocycles. The summed E-state index contributed by atoms with van der Waals surface area (Å²) >= 11 is 1.35. The number of rotatable bonds is 5. The number of halogens is 1. The lowest BCUT2D eigenvalue weighted by atomic mass is 10.1. The van der Waals surface area contributed by atoms with Crippen molar-refractivity contribution in [1.82, 2.24) is 5.32 Å². The molecule has 0 bridgehead atoms. The number of benzene rings is 1. The van der Waals surface area contributed by atoms with Gasteiger partial charge in [-0.3, -0.25) is 4.79 Å². The number of carbonyl (C=O) groups excluding carboxylic acids is 1. The third-order valence-corrected chi connectivity index (χ3v) is 2.82. The monoisotopic (exact) mass is 243 g/mol. The fourth-order valence-corrected chi connectivity index (χ4v) is 2.00. The minimum Gasteiger partial charge on any atom is -0.495 e. The fraction of sp³-hybridized carbons (Fsp3) is 0.364. The predicted octanol–water partition coefficient (Wildman–Crippen LogP) is 1.96. The van der Waals surface area contributed by atoms with Crippen molar-refractivity contribution < 1.29 is 13.9 Å². The molecule has 0 aromatic heterocycles. The molecule has 0 spiro atoms. The molecule has 0 atom stereocenters. The first-order chi connectivity index (χ1) is 7.63. The zero-order valence-electron chi connectivity index (χ0n) is 9.46. The van der Waals surface area contributed by atoms with Crippen LogP contribution in [0.3, 0.4) is 0 Å². The molecule has 5 heteroatoms. The molecule has 0 amide bonds. The smallest absolute Gasteiger partial charge is 0.180 e. The Labute approximate surface area is 98.4 Å². The SMILES string of the molecule is CNCC(=O)c1cc(F)cc(SC)c1OC. The van der Waals surface area contributed by atoms with E-state index in [4.69, 9.17) is 4.74 Å². The van der Waals surface area contributed by atoms with E-state index in [0.717, 1.165) is 0 Å². The molecule has 0 saturated carbocycles. The molecule has 0 aliphatic heterocycles. The standard InChI is InChI=1S/C11H14FNO2S/c1-13-6-9(14)8-4-7(12)5-10(16-3)11(8)15-2/h4-5,13H,6H2,1-3H3. The fourth-order valence-electron chi connectivity index (χ4n) is 1.39. The van der Waals surface area contributed by atoms with Crippen LogP contribution in [0.15, 0.2) is 17.0 Å². The zero-order valence-corrected chi connectivity index (χ0v) is 10.3. The Balaban J connectivity index is 3.24. The molecule has 1 rings (SSSR count). The van der Waals surface area contributed by atoms with Gasteiger partial charge in [-0.1, -0.05) is 0 Å². The van der Waals surface area contributed by atoms with Crippen molar-refractivity contribution >= 4 is 17.5 Å². The highest BCUT2D eigenvalue weighted by atomic mass is 32.2. The van der Waals surface area contributed by atoms with Gasteiger partial charge in [-0.15, -0.1) is 11.8 Å². The molecule has 3 nitrogen and oxygen atoms in total. The molecule has 1 aromatic rings. The molecule has 1 N–H and O–H groups in total. The van der Waals surface area contributed by atoms with Gasteiger partial charge in [-0.2, -0.15) is 0 Å². The van der Waals surface area contributed by atoms with E-state index in [1.807, 2.05) is 6.26 Å². The normalized spacial score (nSPS) is 10.2. The maximum absolute atomic E-state index is 13.3. The van der Waals surface area contributed by atoms with Crippen LogP contribution in [0.4, 0.5) is 4.39 Å². The molecule has 0 unspecified atom stereocenters. The Hall–Kier alpha value is -1.07. The molecule has 16 heavy (non-hydrogen) atoms. The van der Waals surface area contributed by atoms with E-state index in [1.165, 1.54) is 31.0 Å². The second-order valence-electron chi connectivity index (χ2n) is 3.14. The first kappa shape index (κ1) is 13.0. The summed E-state index contributed by atoms with van der Waals surface area (Å²) in [6.45, 7) is 0.160. The van der Waals surface area contributed by atoms with Crippen molar-refractivity contribution in [2.24, 2.45) is 0 Å². The number of nitrogens with one attached hydrogen (secondary N) is 1. The summed E-state index contributed by atoms with van der Waals surface area (Å²) in [4.78, 5) is 12.4. The maximum atomic E-state index is 13.3. The second kappa shape index (κ2) is 5.86. The van der Waals surface area contributed by atoms with E-state index in [-0.39, 0.29) is 17.9 Å². The molecule has 0 heterocycles. The van der Waals surface area contributed by atoms with E-state index in [2.05, 4.69) is 5.32 Å². The number of likely N-dealkylation sites (N-methyl/N-ethyl adjacent to an activating group) is 1. The second-order valence-corrected chi connectivity index (χ2v) is 3.99. The van der Waals surface area contributed by atoms with E-state index in [0.29, 0.717) is 10.6 Å². The average molecular weight is 243 g/mol. The molecule has 88 valence electrons. The summed E-state index contributed by atoms with van der Waals surface area (Å²) in [6.07, 6.45) is 1.81. The minimum absolute atomic E-state index is 0.160. The third-order valence-electron chi connectivity index (χ3n) is 2.08. The Morgan fingerprint density at radius 2 is 2.25 bits per heavy atom. The molecule has 0 aliphatic rings. The highest BCUT2D eigenvalue weighted by Gasteiger charge is 2.16. The third kappa shape index (κ3) is 2.74. The van der Waals surface area contributed by atoms with Gasteiger partial charge in [0, 0.05) is 0 Å². The van der Waals surface area contributed by atoms with Crippen LogP contribution >= 0.6 is 11.8 Å². The average Bonchev–Trinajstić information content (AvgIpc) is 2.28. The summed E-state index contributed by atoms with van der Waals surface area (Å²) in [5, 5.41) is 2.74. The lowest BCUT2D eigenvalue weighted by molar-refractivity contribution is 0.0989. The zero-order chi connectivity index (χ0) is 12.1. The van der Waals surface area contributed by atoms with Crippen molar-refractivity contribution in [1.29, 1.82) is 0 Å². The molecular weight excluding hydrogens is 229 g/mol. The van der Waals surface area contributed by atoms with Crippen molar-refractivity contribution in [3.05, 3.63) is 23.5 Å². The highest BCUT2D eigenvalue weighted by Crippen LogP contribution is 2.32. The number of hydrogen-bond donors (Lipinski definition) is 1. The Morgan fingerprint density at radius 1 is 1.56 bits per heavy atom. The van der Waals surface area contributed by atoms with Crippen LogP contribution in [0.1, 0.15) is 10.4 Å². The molecule has 0 fully saturated rings. The summed E-state index contributed by atoms with van der Waals surface area (Å²) in [6, 6.07) is 2.57. The number of Topliss-reactive ketones (excluding diaryl/α,β-unsaturated/α-hetero) is 1. The summed E-state index contributed by atoms with van der Waals surface area (Å²) < 4.78 is 18.4. The number of ether oxygens (including phenoxy) is 1. The van der Waals surface area contributed by atoms with E-state index in [1.54, 1.807) is 7.05 Å². The van der Waals surface area contributed by atoms with Crippen LogP contribution in [0, 0.1) is 5.82 Å². The van der Waals surface area contributed by atoms with Crippen LogP contribution in [0.2, 0.25) is 0 Å². The van der Waals surface area contributed by atoms with Crippen molar-refractivity contribution in [3.63, 3.8) is 0 Å². The Bertz CT molecular complexity index is 396. The van der Waals surface area contributed by atoms with Gasteiger partial charge in [0.1, 0.15) is 11.6 Å². The first-order valence-electron chi connectivity index (χ1n) is 4.73. The number of ketones is 1. The lowest BCUT2D eigenvalue weighted by Gasteiger charge is -2.11. The quantitative estimate of drug-likeness (QED) is 0.634. The maximum Gasteiger partial charge on any atom is 0.180 e. The van der Waals surface area contributed by atoms with Crippen LogP contribution in [0.5, 0.6) is 5.75 Å². The van der Waals surface area contributed by atoms with Gasteiger partial charge in [0.25, 0.3) is 0 Å². The predicted molar refractivity (Wildman–Crippen MR) is 63.0 cm³/mol. The van der Waals surface area contributed by atoms with Gasteiger partial charge in [-0.25, -0.2) is 4.39 Å². The Morgan fingerprint density at radius 3 is 2.75 bits per heavy atom. The topological polar surface area (TPSA) is 38.3 Å². The van der Waals surface area contributed by atoms with Crippen LogP contribution in [-0.4, -0.2) is 32.7 Å². The van der Waals surface area contributed by atoms with E-state index < -0.39 is 5.82 Å². The lowest BCUT2D eigenvalue weighted by Crippen LogP contribution is -2.19. The summed E-state index contributed by atoms with van der Waals surface area (Å²) in [5.41, 5.74) is 0.279. The van der Waals surface area contributed by atoms with Gasteiger partial charge in [0.05, 0.1) is 24.1 Å². The van der Waals surface area contributed by atoms with Crippen molar-refractivity contribution in [2.75, 3.05) is 27.0 Å². The number of thioether (sulfide) groups is 1. The largest absolute Gasteiger partial charge is 0.495 e. The number of hydrogen-bond acceptors (Lipinski definition) is 4. The molecule has 0 radical (unpaired) electrons. The molecular formula is C11H14FNO2S. The molecule has 0 aliphatic carbocycles. The minimum atomic E-state index is -0.426. The van der Waals surface area contributed by atoms with Gasteiger partial charge in [0.2, 0.25) is 0 Å². The van der Waals surface area contributed by atoms with E-state index in [9.17, 15) is 9.18 Å². The van der Waals surface area contributed by atoms with Crippen molar-refractivity contribution in [2.45, 2.75) is 4.90 Å². The first-order valence-corrected chi connectivity index (χ1v) is 5.95. The highest BCUT2D eigenvalue weighted by molar-refractivity contribution is 7.98. The van der Waals surface area contributed by atoms with Gasteiger partial charge in [-0.05, 0) is 25.4 Å². The van der Waals surface area contributed by atoms with Crippen molar-refractivity contribution in [3.8, 4) is 5.75 Å². The van der Waals surface area contributed by atoms with Crippen LogP contribution in [-0.2, 0) is 0 Å². The van der Waals surface area contributed by atoms with Gasteiger partial charge in [0.15, 0.2) is 5.78 Å². The number of carbonyl (C=O) groups is 1. The van der Waals surface area contributed by atoms with Crippen LogP contribution in [0.25, 0.3) is 0 Å². The molecule has 1 aromatic carbocycles. The van der Waals surface area contributed by atoms with Crippen LogP contribution < -0.4 is 10.1 Å². The number of methoxy groups -OCH3 is 1. The summed E-state index contributed by atoms with van der Waals surface area (Å²) in [5.74, 6) is -0.173. The van der Waals surface area contributed by atoms with Gasteiger partial charge >= 0.3 is 0 Å². The van der Waals surface area contributed by atoms with E-state index >= 15 is 0 Å². The Kier molecular flexibility index (Phi) is 4.76.